The lowest BCUT2D eigenvalue weighted by Crippen LogP contribution is -2.39. The third-order valence-corrected chi connectivity index (χ3v) is 5.14. The van der Waals surface area contributed by atoms with Crippen LogP contribution >= 0.6 is 0 Å². The van der Waals surface area contributed by atoms with Gasteiger partial charge in [0.25, 0.3) is 5.56 Å². The van der Waals surface area contributed by atoms with E-state index in [2.05, 4.69) is 11.1 Å². The summed E-state index contributed by atoms with van der Waals surface area (Å²) in [5.41, 5.74) is 3.36. The fourth-order valence-electron chi connectivity index (χ4n) is 3.81. The Labute approximate surface area is 158 Å². The average Bonchev–Trinajstić information content (AvgIpc) is 3.13. The van der Waals surface area contributed by atoms with Crippen molar-refractivity contribution in [3.8, 4) is 0 Å². The fraction of sp³-hybridized carbons (Fsp3) is 0.409. The molecule has 1 aliphatic rings. The van der Waals surface area contributed by atoms with E-state index < -0.39 is 5.69 Å². The number of nitrogens with zero attached hydrogens (tertiary/aromatic N) is 1. The number of aromatic nitrogens is 2. The molecule has 1 N–H and O–H groups in total. The second kappa shape index (κ2) is 7.91. The fourth-order valence-corrected chi connectivity index (χ4v) is 3.81. The molecule has 0 spiro atoms. The zero-order valence-corrected chi connectivity index (χ0v) is 16.2. The van der Waals surface area contributed by atoms with Gasteiger partial charge in [-0.1, -0.05) is 35.8 Å². The molecule has 0 unspecified atom stereocenters. The van der Waals surface area contributed by atoms with Gasteiger partial charge in [-0.25, -0.2) is 4.79 Å². The average molecular weight is 366 g/mol. The molecule has 5 nitrogen and oxygen atoms in total. The summed E-state index contributed by atoms with van der Waals surface area (Å²) in [5.74, 6) is -0.307. The Hall–Kier alpha value is -2.69. The van der Waals surface area contributed by atoms with Crippen LogP contribution in [-0.4, -0.2) is 15.3 Å². The van der Waals surface area contributed by atoms with Gasteiger partial charge in [-0.2, -0.15) is 0 Å². The van der Waals surface area contributed by atoms with Crippen LogP contribution in [0.4, 0.5) is 0 Å². The molecule has 0 radical (unpaired) electrons. The third kappa shape index (κ3) is 4.02. The lowest BCUT2D eigenvalue weighted by atomic mass is 9.99. The standard InChI is InChI=1S/C22H26N2O3/c1-4-18-19(20(25)17-12-14(2)11-15(3)13-17)23-22(27)24(21(18)26)10-9-16-7-5-6-8-16/h7,11-13H,4-6,8-10H2,1-3H3,(H,23,27). The summed E-state index contributed by atoms with van der Waals surface area (Å²) in [6.45, 7) is 6.02. The lowest BCUT2D eigenvalue weighted by Gasteiger charge is -2.12. The molecule has 2 aromatic rings. The number of nitrogens with one attached hydrogen (secondary N) is 1. The molecule has 0 saturated carbocycles. The van der Waals surface area contributed by atoms with E-state index in [4.69, 9.17) is 0 Å². The molecule has 0 bridgehead atoms. The highest BCUT2D eigenvalue weighted by atomic mass is 16.2. The van der Waals surface area contributed by atoms with Gasteiger partial charge in [0, 0.05) is 17.7 Å². The predicted molar refractivity (Wildman–Crippen MR) is 107 cm³/mol. The minimum atomic E-state index is -0.511. The van der Waals surface area contributed by atoms with Gasteiger partial charge in [0.15, 0.2) is 0 Å². The number of hydrogen-bond donors (Lipinski definition) is 1. The Kier molecular flexibility index (Phi) is 5.59. The lowest BCUT2D eigenvalue weighted by molar-refractivity contribution is 0.103. The van der Waals surface area contributed by atoms with Crippen molar-refractivity contribution in [2.24, 2.45) is 0 Å². The number of benzene rings is 1. The summed E-state index contributed by atoms with van der Waals surface area (Å²) in [6.07, 6.45) is 6.55. The smallest absolute Gasteiger partial charge is 0.303 e. The first-order valence-electron chi connectivity index (χ1n) is 9.57. The number of carbonyl (C=O) groups is 1. The first-order chi connectivity index (χ1) is 12.9. The molecule has 1 aliphatic carbocycles. The number of allylic oxidation sites excluding steroid dienone is 2. The number of carbonyl (C=O) groups excluding carboxylic acids is 1. The molecule has 0 atom stereocenters. The molecule has 0 fully saturated rings. The normalized spacial score (nSPS) is 13.7. The number of ketones is 1. The quantitative estimate of drug-likeness (QED) is 0.629. The molecule has 1 aromatic carbocycles. The maximum Gasteiger partial charge on any atom is 0.328 e. The Morgan fingerprint density at radius 1 is 1.15 bits per heavy atom. The van der Waals surface area contributed by atoms with Crippen LogP contribution in [0.15, 0.2) is 39.4 Å². The molecule has 1 heterocycles. The van der Waals surface area contributed by atoms with Gasteiger partial charge < -0.3 is 4.98 Å². The summed E-state index contributed by atoms with van der Waals surface area (Å²) >= 11 is 0. The van der Waals surface area contributed by atoms with Crippen molar-refractivity contribution in [2.45, 2.75) is 59.4 Å². The van der Waals surface area contributed by atoms with Gasteiger partial charge >= 0.3 is 5.69 Å². The number of aryl methyl sites for hydroxylation is 2. The van der Waals surface area contributed by atoms with E-state index in [1.807, 2.05) is 26.8 Å². The number of H-pyrrole nitrogens is 1. The largest absolute Gasteiger partial charge is 0.328 e. The van der Waals surface area contributed by atoms with E-state index in [1.165, 1.54) is 10.1 Å². The molecule has 0 amide bonds. The maximum atomic E-state index is 13.0. The van der Waals surface area contributed by atoms with E-state index in [9.17, 15) is 14.4 Å². The van der Waals surface area contributed by atoms with Crippen LogP contribution in [0, 0.1) is 13.8 Å². The highest BCUT2D eigenvalue weighted by Crippen LogP contribution is 2.20. The van der Waals surface area contributed by atoms with Crippen molar-refractivity contribution >= 4 is 5.78 Å². The van der Waals surface area contributed by atoms with E-state index in [0.717, 1.165) is 30.4 Å². The molecule has 0 aliphatic heterocycles. The number of hydrogen-bond acceptors (Lipinski definition) is 3. The summed E-state index contributed by atoms with van der Waals surface area (Å²) < 4.78 is 1.23. The number of aromatic amines is 1. The summed E-state index contributed by atoms with van der Waals surface area (Å²) in [6, 6.07) is 5.55. The molecule has 1 aromatic heterocycles. The third-order valence-electron chi connectivity index (χ3n) is 5.14. The van der Waals surface area contributed by atoms with Crippen LogP contribution in [-0.2, 0) is 13.0 Å². The number of rotatable bonds is 6. The summed E-state index contributed by atoms with van der Waals surface area (Å²) in [5, 5.41) is 0. The first-order valence-corrected chi connectivity index (χ1v) is 9.57. The zero-order chi connectivity index (χ0) is 19.6. The van der Waals surface area contributed by atoms with Crippen LogP contribution in [0.25, 0.3) is 0 Å². The summed E-state index contributed by atoms with van der Waals surface area (Å²) in [4.78, 5) is 41.1. The zero-order valence-electron chi connectivity index (χ0n) is 16.2. The monoisotopic (exact) mass is 366 g/mol. The van der Waals surface area contributed by atoms with Crippen LogP contribution in [0.1, 0.15) is 65.3 Å². The van der Waals surface area contributed by atoms with Gasteiger partial charge in [0.05, 0.1) is 5.69 Å². The van der Waals surface area contributed by atoms with Gasteiger partial charge in [-0.05, 0) is 58.1 Å². The topological polar surface area (TPSA) is 71.9 Å². The summed E-state index contributed by atoms with van der Waals surface area (Å²) in [7, 11) is 0. The van der Waals surface area contributed by atoms with Crippen molar-refractivity contribution in [1.82, 2.24) is 9.55 Å². The minimum absolute atomic E-state index is 0.119. The van der Waals surface area contributed by atoms with Crippen LogP contribution in [0.3, 0.4) is 0 Å². The first kappa shape index (κ1) is 19.1. The SMILES string of the molecule is CCc1c(C(=O)c2cc(C)cc(C)c2)[nH]c(=O)n(CCC2=CCCC2)c1=O. The van der Waals surface area contributed by atoms with Gasteiger partial charge in [0.1, 0.15) is 0 Å². The van der Waals surface area contributed by atoms with Crippen molar-refractivity contribution in [3.63, 3.8) is 0 Å². The van der Waals surface area contributed by atoms with Gasteiger partial charge in [0.2, 0.25) is 5.78 Å². The molecule has 142 valence electrons. The Morgan fingerprint density at radius 3 is 2.44 bits per heavy atom. The van der Waals surface area contributed by atoms with E-state index in [0.29, 0.717) is 30.5 Å². The second-order valence-corrected chi connectivity index (χ2v) is 7.30. The van der Waals surface area contributed by atoms with E-state index >= 15 is 0 Å². The van der Waals surface area contributed by atoms with Crippen molar-refractivity contribution in [3.05, 3.63) is 78.6 Å². The second-order valence-electron chi connectivity index (χ2n) is 7.30. The Morgan fingerprint density at radius 2 is 1.85 bits per heavy atom. The predicted octanol–water partition coefficient (Wildman–Crippen LogP) is 3.45. The highest BCUT2D eigenvalue weighted by molar-refractivity contribution is 6.08. The van der Waals surface area contributed by atoms with Crippen molar-refractivity contribution in [2.75, 3.05) is 0 Å². The Bertz CT molecular complexity index is 1000. The Balaban J connectivity index is 2.00. The minimum Gasteiger partial charge on any atom is -0.303 e. The molecule has 27 heavy (non-hydrogen) atoms. The highest BCUT2D eigenvalue weighted by Gasteiger charge is 2.20. The maximum absolute atomic E-state index is 13.0. The molecule has 5 heteroatoms. The van der Waals surface area contributed by atoms with Crippen molar-refractivity contribution < 1.29 is 4.79 Å². The van der Waals surface area contributed by atoms with Crippen LogP contribution < -0.4 is 11.2 Å². The molecule has 0 saturated heterocycles. The van der Waals surface area contributed by atoms with Crippen LogP contribution in [0.2, 0.25) is 0 Å². The van der Waals surface area contributed by atoms with Crippen molar-refractivity contribution in [1.29, 1.82) is 0 Å². The van der Waals surface area contributed by atoms with Crippen LogP contribution in [0.5, 0.6) is 0 Å². The van der Waals surface area contributed by atoms with Gasteiger partial charge in [-0.3, -0.25) is 14.2 Å². The molecular formula is C22H26N2O3. The van der Waals surface area contributed by atoms with Gasteiger partial charge in [-0.15, -0.1) is 0 Å². The molecular weight excluding hydrogens is 340 g/mol. The van der Waals surface area contributed by atoms with E-state index in [-0.39, 0.29) is 17.0 Å². The molecule has 3 rings (SSSR count). The van der Waals surface area contributed by atoms with E-state index in [1.54, 1.807) is 12.1 Å².